The van der Waals surface area contributed by atoms with Gasteiger partial charge in [-0.3, -0.25) is 9.35 Å². The second-order valence-corrected chi connectivity index (χ2v) is 13.9. The molecule has 3 saturated carbocycles. The lowest BCUT2D eigenvalue weighted by Gasteiger charge is -2.58. The molecule has 0 saturated heterocycles. The predicted octanol–water partition coefficient (Wildman–Crippen LogP) is 4.34. The third kappa shape index (κ3) is 4.90. The quantitative estimate of drug-likeness (QED) is 0.343. The Hall–Kier alpha value is -0.800. The van der Waals surface area contributed by atoms with E-state index in [0.717, 1.165) is 25.7 Å². The van der Waals surface area contributed by atoms with Crippen molar-refractivity contribution in [1.82, 2.24) is 0 Å². The lowest BCUT2D eigenvalue weighted by Crippen LogP contribution is -2.54. The molecule has 4 aliphatic rings. The van der Waals surface area contributed by atoms with E-state index < -0.39 is 28.7 Å². The van der Waals surface area contributed by atoms with E-state index in [-0.39, 0.29) is 40.3 Å². The molecule has 0 aromatic carbocycles. The number of rotatable bonds is 7. The van der Waals surface area contributed by atoms with Gasteiger partial charge in [-0.2, -0.15) is 8.42 Å². The summed E-state index contributed by atoms with van der Waals surface area (Å²) in [6.45, 7) is 10.5. The van der Waals surface area contributed by atoms with Crippen LogP contribution in [0, 0.1) is 46.3 Å². The van der Waals surface area contributed by atoms with Crippen LogP contribution in [0.25, 0.3) is 0 Å². The maximum Gasteiger partial charge on any atom is 0.397 e. The minimum absolute atomic E-state index is 0.0566. The van der Waals surface area contributed by atoms with Crippen LogP contribution in [0.15, 0.2) is 11.6 Å². The second-order valence-electron chi connectivity index (χ2n) is 12.9. The maximum atomic E-state index is 12.6. The van der Waals surface area contributed by atoms with E-state index in [1.807, 2.05) is 13.8 Å². The zero-order valence-electron chi connectivity index (χ0n) is 21.8. The standard InChI is InChI=1S/C27H44O7S/c1-15(2)25(30)24(29)12-16(3)19-6-7-20-18-14-23(28)22-13-17(34-35(31,32)33)8-10-27(22,5)21(18)9-11-26(19,20)4/h9,15-20,22-23,25,28,30H,6-8,10-14H2,1-5H3,(H,31,32,33). The molecule has 4 rings (SSSR count). The number of hydrogen-bond donors (Lipinski definition) is 3. The van der Waals surface area contributed by atoms with Crippen LogP contribution in [0.1, 0.15) is 86.0 Å². The molecule has 200 valence electrons. The van der Waals surface area contributed by atoms with Crippen LogP contribution in [0.5, 0.6) is 0 Å². The van der Waals surface area contributed by atoms with E-state index in [9.17, 15) is 23.4 Å². The largest absolute Gasteiger partial charge is 0.397 e. The van der Waals surface area contributed by atoms with Crippen molar-refractivity contribution in [3.05, 3.63) is 11.6 Å². The van der Waals surface area contributed by atoms with Gasteiger partial charge >= 0.3 is 10.4 Å². The number of ketones is 1. The molecule has 10 atom stereocenters. The fourth-order valence-electron chi connectivity index (χ4n) is 8.72. The topological polar surface area (TPSA) is 121 Å². The van der Waals surface area contributed by atoms with Gasteiger partial charge in [0.25, 0.3) is 0 Å². The van der Waals surface area contributed by atoms with Crippen LogP contribution in [0.4, 0.5) is 0 Å². The predicted molar refractivity (Wildman–Crippen MR) is 133 cm³/mol. The molecule has 0 heterocycles. The van der Waals surface area contributed by atoms with Gasteiger partial charge in [0.05, 0.1) is 12.2 Å². The van der Waals surface area contributed by atoms with Crippen molar-refractivity contribution in [1.29, 1.82) is 0 Å². The van der Waals surface area contributed by atoms with Crippen molar-refractivity contribution in [3.63, 3.8) is 0 Å². The smallest absolute Gasteiger partial charge is 0.393 e. The Bertz CT molecular complexity index is 959. The fraction of sp³-hybridized carbons (Fsp3) is 0.889. The van der Waals surface area contributed by atoms with E-state index in [4.69, 9.17) is 8.74 Å². The van der Waals surface area contributed by atoms with Gasteiger partial charge in [0.2, 0.25) is 0 Å². The Morgan fingerprint density at radius 1 is 1.14 bits per heavy atom. The minimum Gasteiger partial charge on any atom is -0.393 e. The van der Waals surface area contributed by atoms with Crippen LogP contribution >= 0.6 is 0 Å². The summed E-state index contributed by atoms with van der Waals surface area (Å²) in [6.07, 6.45) is 6.20. The Morgan fingerprint density at radius 2 is 1.83 bits per heavy atom. The zero-order valence-corrected chi connectivity index (χ0v) is 22.6. The monoisotopic (exact) mass is 512 g/mol. The molecule has 3 N–H and O–H groups in total. The van der Waals surface area contributed by atoms with E-state index in [1.54, 1.807) is 0 Å². The first-order valence-electron chi connectivity index (χ1n) is 13.4. The minimum atomic E-state index is -4.51. The summed E-state index contributed by atoms with van der Waals surface area (Å²) in [6, 6.07) is 0. The van der Waals surface area contributed by atoms with Gasteiger partial charge in [-0.25, -0.2) is 4.18 Å². The zero-order chi connectivity index (χ0) is 25.9. The number of hydrogen-bond acceptors (Lipinski definition) is 6. The summed E-state index contributed by atoms with van der Waals surface area (Å²) in [4.78, 5) is 12.6. The van der Waals surface area contributed by atoms with Gasteiger partial charge in [-0.15, -0.1) is 0 Å². The van der Waals surface area contributed by atoms with Crippen molar-refractivity contribution >= 4 is 16.2 Å². The number of fused-ring (bicyclic) bond motifs is 5. The van der Waals surface area contributed by atoms with Crippen molar-refractivity contribution < 1.29 is 32.2 Å². The molecule has 4 aliphatic carbocycles. The molecule has 0 amide bonds. The van der Waals surface area contributed by atoms with E-state index in [1.165, 1.54) is 5.57 Å². The highest BCUT2D eigenvalue weighted by molar-refractivity contribution is 7.80. The Morgan fingerprint density at radius 3 is 2.46 bits per heavy atom. The first-order chi connectivity index (χ1) is 16.2. The molecule has 0 aromatic rings. The number of carbonyl (C=O) groups excluding carboxylic acids is 1. The highest BCUT2D eigenvalue weighted by atomic mass is 32.3. The van der Waals surface area contributed by atoms with Crippen molar-refractivity contribution in [3.8, 4) is 0 Å². The first kappa shape index (κ1) is 27.2. The second kappa shape index (κ2) is 9.50. The van der Waals surface area contributed by atoms with Gasteiger partial charge in [-0.05, 0) is 91.3 Å². The average molecular weight is 513 g/mol. The van der Waals surface area contributed by atoms with Crippen LogP contribution in [-0.4, -0.2) is 47.3 Å². The van der Waals surface area contributed by atoms with Crippen LogP contribution < -0.4 is 0 Å². The molecule has 0 aromatic heterocycles. The third-order valence-corrected chi connectivity index (χ3v) is 11.0. The summed E-state index contributed by atoms with van der Waals surface area (Å²) in [5.74, 6) is 1.11. The average Bonchev–Trinajstić information content (AvgIpc) is 3.10. The lowest BCUT2D eigenvalue weighted by molar-refractivity contribution is -0.130. The number of carbonyl (C=O) groups is 1. The summed E-state index contributed by atoms with van der Waals surface area (Å²) >= 11 is 0. The molecule has 0 radical (unpaired) electrons. The number of Topliss-reactive ketones (excluding diaryl/α,β-unsaturated/α-hetero) is 1. The summed E-state index contributed by atoms with van der Waals surface area (Å²) < 4.78 is 36.5. The van der Waals surface area contributed by atoms with Crippen molar-refractivity contribution in [2.45, 2.75) is 104 Å². The Kier molecular flexibility index (Phi) is 7.39. The highest BCUT2D eigenvalue weighted by Gasteiger charge is 2.60. The molecule has 3 fully saturated rings. The molecule has 10 unspecified atom stereocenters. The normalized spacial score (nSPS) is 43.1. The van der Waals surface area contributed by atoms with Gasteiger partial charge in [-0.1, -0.05) is 46.3 Å². The SMILES string of the molecule is CC(C)C(O)C(=O)CC(C)C1CCC2C3CC(O)C4CC(OS(=O)(=O)O)CCC4(C)C3=CCC12C. The highest BCUT2D eigenvalue weighted by Crippen LogP contribution is 2.66. The first-order valence-corrected chi connectivity index (χ1v) is 14.8. The molecular formula is C27H44O7S. The molecular weight excluding hydrogens is 468 g/mol. The fourth-order valence-corrected chi connectivity index (χ4v) is 9.24. The van der Waals surface area contributed by atoms with Crippen molar-refractivity contribution in [2.24, 2.45) is 46.3 Å². The van der Waals surface area contributed by atoms with Gasteiger partial charge in [0.1, 0.15) is 6.10 Å². The molecule has 8 heteroatoms. The summed E-state index contributed by atoms with van der Waals surface area (Å²) in [5, 5.41) is 21.5. The number of aliphatic hydroxyl groups is 2. The van der Waals surface area contributed by atoms with Crippen LogP contribution in [0.2, 0.25) is 0 Å². The Labute approximate surface area is 210 Å². The Balaban J connectivity index is 1.54. The van der Waals surface area contributed by atoms with Crippen molar-refractivity contribution in [2.75, 3.05) is 0 Å². The van der Waals surface area contributed by atoms with E-state index >= 15 is 0 Å². The molecule has 0 aliphatic heterocycles. The number of aliphatic hydroxyl groups excluding tert-OH is 2. The van der Waals surface area contributed by atoms with E-state index in [2.05, 4.69) is 26.8 Å². The lowest BCUT2D eigenvalue weighted by atomic mass is 9.47. The van der Waals surface area contributed by atoms with Gasteiger partial charge in [0.15, 0.2) is 5.78 Å². The van der Waals surface area contributed by atoms with Crippen LogP contribution in [-0.2, 0) is 19.4 Å². The van der Waals surface area contributed by atoms with Gasteiger partial charge in [0, 0.05) is 6.42 Å². The molecule has 35 heavy (non-hydrogen) atoms. The van der Waals surface area contributed by atoms with Crippen LogP contribution in [0.3, 0.4) is 0 Å². The molecule has 0 spiro atoms. The number of allylic oxidation sites excluding steroid dienone is 2. The molecule has 0 bridgehead atoms. The molecule has 7 nitrogen and oxygen atoms in total. The summed E-state index contributed by atoms with van der Waals surface area (Å²) in [7, 11) is -4.51. The van der Waals surface area contributed by atoms with E-state index in [0.29, 0.717) is 37.5 Å². The maximum absolute atomic E-state index is 12.6. The third-order valence-electron chi connectivity index (χ3n) is 10.5. The van der Waals surface area contributed by atoms with Gasteiger partial charge < -0.3 is 10.2 Å². The summed E-state index contributed by atoms with van der Waals surface area (Å²) in [5.41, 5.74) is 1.27.